The predicted octanol–water partition coefficient (Wildman–Crippen LogP) is 3.79. The Morgan fingerprint density at radius 3 is 2.42 bits per heavy atom. The van der Waals surface area contributed by atoms with Crippen LogP contribution in [-0.4, -0.2) is 39.1 Å². The van der Waals surface area contributed by atoms with E-state index in [4.69, 9.17) is 0 Å². The van der Waals surface area contributed by atoms with Crippen molar-refractivity contribution in [2.45, 2.75) is 57.3 Å². The predicted molar refractivity (Wildman–Crippen MR) is 101 cm³/mol. The van der Waals surface area contributed by atoms with E-state index in [0.717, 1.165) is 37.6 Å². The monoisotopic (exact) mass is 352 g/mol. The number of rotatable bonds is 4. The molecule has 2 aliphatic rings. The van der Waals surface area contributed by atoms with Gasteiger partial charge < -0.3 is 4.90 Å². The van der Waals surface area contributed by atoms with Gasteiger partial charge in [-0.15, -0.1) is 0 Å². The Balaban J connectivity index is 1.46. The lowest BCUT2D eigenvalue weighted by atomic mass is 9.83. The van der Waals surface area contributed by atoms with Crippen molar-refractivity contribution in [2.24, 2.45) is 5.92 Å². The van der Waals surface area contributed by atoms with Crippen LogP contribution < -0.4 is 0 Å². The minimum atomic E-state index is 0.0287. The Morgan fingerprint density at radius 2 is 1.81 bits per heavy atom. The second-order valence-corrected chi connectivity index (χ2v) is 7.81. The van der Waals surface area contributed by atoms with E-state index in [1.54, 1.807) is 0 Å². The van der Waals surface area contributed by atoms with E-state index < -0.39 is 0 Å². The number of nitrogens with zero attached hydrogens (tertiary/aromatic N) is 3. The molecule has 1 aliphatic carbocycles. The van der Waals surface area contributed by atoms with Crippen molar-refractivity contribution in [2.75, 3.05) is 13.1 Å². The molecule has 5 heteroatoms. The molecule has 0 radical (unpaired) electrons. The van der Waals surface area contributed by atoms with Gasteiger partial charge >= 0.3 is 0 Å². The molecule has 1 atom stereocenters. The summed E-state index contributed by atoms with van der Waals surface area (Å²) in [4.78, 5) is 20.0. The van der Waals surface area contributed by atoms with Crippen molar-refractivity contribution in [3.63, 3.8) is 0 Å². The highest BCUT2D eigenvalue weighted by Gasteiger charge is 2.36. The largest absolute Gasteiger partial charge is 0.342 e. The van der Waals surface area contributed by atoms with Crippen molar-refractivity contribution in [1.82, 2.24) is 20.1 Å². The maximum absolute atomic E-state index is 13.4. The van der Waals surface area contributed by atoms with Gasteiger partial charge in [0.1, 0.15) is 5.82 Å². The van der Waals surface area contributed by atoms with E-state index in [-0.39, 0.29) is 5.92 Å². The van der Waals surface area contributed by atoms with E-state index in [9.17, 15) is 4.79 Å². The van der Waals surface area contributed by atoms with Crippen LogP contribution in [0.5, 0.6) is 0 Å². The fourth-order valence-electron chi connectivity index (χ4n) is 4.66. The first kappa shape index (κ1) is 17.3. The quantitative estimate of drug-likeness (QED) is 0.910. The Kier molecular flexibility index (Phi) is 5.05. The number of carbonyl (C=O) groups excluding carboxylic acids is 1. The second-order valence-electron chi connectivity index (χ2n) is 7.81. The van der Waals surface area contributed by atoms with Crippen LogP contribution in [0, 0.1) is 12.8 Å². The first-order valence-corrected chi connectivity index (χ1v) is 9.95. The number of amides is 1. The van der Waals surface area contributed by atoms with Gasteiger partial charge in [-0.1, -0.05) is 43.2 Å². The zero-order valence-corrected chi connectivity index (χ0v) is 15.5. The second kappa shape index (κ2) is 7.60. The van der Waals surface area contributed by atoms with Gasteiger partial charge in [0.25, 0.3) is 0 Å². The number of hydrogen-bond acceptors (Lipinski definition) is 3. The fraction of sp³-hybridized carbons (Fsp3) is 0.571. The van der Waals surface area contributed by atoms with Crippen LogP contribution in [0.4, 0.5) is 0 Å². The third-order valence-corrected chi connectivity index (χ3v) is 6.08. The molecule has 2 heterocycles. The SMILES string of the molecule is Cc1nc(C2CCN(C(=O)[C@H](c3ccccc3)C3CCCC3)CC2)n[nH]1. The van der Waals surface area contributed by atoms with E-state index in [2.05, 4.69) is 44.3 Å². The number of aromatic amines is 1. The molecule has 1 aliphatic heterocycles. The van der Waals surface area contributed by atoms with Crippen LogP contribution in [0.3, 0.4) is 0 Å². The van der Waals surface area contributed by atoms with Crippen LogP contribution in [0.2, 0.25) is 0 Å². The Labute approximate surface area is 155 Å². The number of piperidine rings is 1. The van der Waals surface area contributed by atoms with Crippen LogP contribution in [0.25, 0.3) is 0 Å². The standard InChI is InChI=1S/C21H28N4O/c1-15-22-20(24-23-15)18-11-13-25(14-12-18)21(26)19(17-9-5-6-10-17)16-7-3-2-4-8-16/h2-4,7-8,17-19H,5-6,9-14H2,1H3,(H,22,23,24)/t19-/m1/s1. The first-order valence-electron chi connectivity index (χ1n) is 9.95. The Hall–Kier alpha value is -2.17. The zero-order chi connectivity index (χ0) is 17.9. The summed E-state index contributed by atoms with van der Waals surface area (Å²) >= 11 is 0. The summed E-state index contributed by atoms with van der Waals surface area (Å²) in [5, 5.41) is 7.25. The molecular weight excluding hydrogens is 324 g/mol. The molecule has 1 N–H and O–H groups in total. The number of carbonyl (C=O) groups is 1. The van der Waals surface area contributed by atoms with Gasteiger partial charge in [0, 0.05) is 19.0 Å². The molecule has 1 aromatic heterocycles. The van der Waals surface area contributed by atoms with Crippen molar-refractivity contribution >= 4 is 5.91 Å². The molecule has 4 rings (SSSR count). The highest BCUT2D eigenvalue weighted by Crippen LogP contribution is 2.39. The molecule has 0 spiro atoms. The maximum Gasteiger partial charge on any atom is 0.230 e. The van der Waals surface area contributed by atoms with Gasteiger partial charge in [-0.25, -0.2) is 4.98 Å². The van der Waals surface area contributed by atoms with Crippen molar-refractivity contribution in [3.8, 4) is 0 Å². The molecule has 1 amide bonds. The van der Waals surface area contributed by atoms with E-state index in [1.807, 2.05) is 13.0 Å². The number of aromatic nitrogens is 3. The summed E-state index contributed by atoms with van der Waals surface area (Å²) in [7, 11) is 0. The molecule has 2 fully saturated rings. The highest BCUT2D eigenvalue weighted by molar-refractivity contribution is 5.84. The normalized spacial score (nSPS) is 20.4. The third kappa shape index (κ3) is 3.53. The van der Waals surface area contributed by atoms with Crippen LogP contribution >= 0.6 is 0 Å². The maximum atomic E-state index is 13.4. The topological polar surface area (TPSA) is 61.9 Å². The average molecular weight is 352 g/mol. The van der Waals surface area contributed by atoms with Gasteiger partial charge in [0.15, 0.2) is 5.82 Å². The van der Waals surface area contributed by atoms with Crippen LogP contribution in [-0.2, 0) is 4.79 Å². The van der Waals surface area contributed by atoms with E-state index in [0.29, 0.717) is 17.7 Å². The zero-order valence-electron chi connectivity index (χ0n) is 15.5. The lowest BCUT2D eigenvalue weighted by molar-refractivity contribution is -0.135. The summed E-state index contributed by atoms with van der Waals surface area (Å²) in [6, 6.07) is 10.4. The van der Waals surface area contributed by atoms with Crippen LogP contribution in [0.15, 0.2) is 30.3 Å². The molecule has 138 valence electrons. The fourth-order valence-corrected chi connectivity index (χ4v) is 4.66. The number of aryl methyl sites for hydroxylation is 1. The lowest BCUT2D eigenvalue weighted by Crippen LogP contribution is -2.42. The number of hydrogen-bond donors (Lipinski definition) is 1. The average Bonchev–Trinajstić information content (AvgIpc) is 3.35. The Bertz CT molecular complexity index is 727. The van der Waals surface area contributed by atoms with Crippen molar-refractivity contribution in [3.05, 3.63) is 47.5 Å². The van der Waals surface area contributed by atoms with E-state index >= 15 is 0 Å². The smallest absolute Gasteiger partial charge is 0.230 e. The van der Waals surface area contributed by atoms with Crippen molar-refractivity contribution in [1.29, 1.82) is 0 Å². The summed E-state index contributed by atoms with van der Waals surface area (Å²) < 4.78 is 0. The van der Waals surface area contributed by atoms with Gasteiger partial charge in [-0.05, 0) is 44.1 Å². The molecule has 26 heavy (non-hydrogen) atoms. The molecule has 5 nitrogen and oxygen atoms in total. The number of likely N-dealkylation sites (tertiary alicyclic amines) is 1. The summed E-state index contributed by atoms with van der Waals surface area (Å²) in [6.07, 6.45) is 6.78. The first-order chi connectivity index (χ1) is 12.7. The van der Waals surface area contributed by atoms with Crippen LogP contribution in [0.1, 0.15) is 67.6 Å². The molecule has 1 aromatic carbocycles. The van der Waals surface area contributed by atoms with Gasteiger partial charge in [0.2, 0.25) is 5.91 Å². The molecular formula is C21H28N4O. The number of H-pyrrole nitrogens is 1. The van der Waals surface area contributed by atoms with Gasteiger partial charge in [0.05, 0.1) is 5.92 Å². The molecule has 1 saturated carbocycles. The minimum Gasteiger partial charge on any atom is -0.342 e. The van der Waals surface area contributed by atoms with Gasteiger partial charge in [-0.2, -0.15) is 5.10 Å². The number of benzene rings is 1. The number of nitrogens with one attached hydrogen (secondary N) is 1. The van der Waals surface area contributed by atoms with E-state index in [1.165, 1.54) is 31.2 Å². The molecule has 1 saturated heterocycles. The van der Waals surface area contributed by atoms with Crippen molar-refractivity contribution < 1.29 is 4.79 Å². The lowest BCUT2D eigenvalue weighted by Gasteiger charge is -2.35. The third-order valence-electron chi connectivity index (χ3n) is 6.08. The minimum absolute atomic E-state index is 0.0287. The molecule has 0 unspecified atom stereocenters. The molecule has 0 bridgehead atoms. The summed E-state index contributed by atoms with van der Waals surface area (Å²) in [6.45, 7) is 3.56. The molecule has 2 aromatic rings. The summed E-state index contributed by atoms with van der Waals surface area (Å²) in [5.41, 5.74) is 1.19. The summed E-state index contributed by atoms with van der Waals surface area (Å²) in [5.74, 6) is 2.99. The Morgan fingerprint density at radius 1 is 1.12 bits per heavy atom. The highest BCUT2D eigenvalue weighted by atomic mass is 16.2. The van der Waals surface area contributed by atoms with Gasteiger partial charge in [-0.3, -0.25) is 9.89 Å².